The van der Waals surface area contributed by atoms with Gasteiger partial charge in [-0.3, -0.25) is 4.79 Å². The predicted octanol–water partition coefficient (Wildman–Crippen LogP) is 3.62. The SMILES string of the molecule is CC(C)[C@@H](Nc1nc(-c2ccc3c(c2)OCO3)ncc1F)C(=O)NCC(F)(F)F.[HH].[HH]. The zero-order valence-corrected chi connectivity index (χ0v) is 15.5. The van der Waals surface area contributed by atoms with Gasteiger partial charge in [-0.05, 0) is 24.1 Å². The first-order valence-corrected chi connectivity index (χ1v) is 8.67. The minimum Gasteiger partial charge on any atom is -0.454 e. The van der Waals surface area contributed by atoms with Crippen molar-refractivity contribution >= 4 is 11.7 Å². The van der Waals surface area contributed by atoms with E-state index in [1.807, 2.05) is 0 Å². The van der Waals surface area contributed by atoms with Gasteiger partial charge >= 0.3 is 6.18 Å². The summed E-state index contributed by atoms with van der Waals surface area (Å²) in [5.74, 6) is -1.32. The number of amides is 1. The van der Waals surface area contributed by atoms with E-state index in [2.05, 4.69) is 15.3 Å². The van der Waals surface area contributed by atoms with Gasteiger partial charge in [0.05, 0.1) is 6.20 Å². The molecule has 1 aliphatic heterocycles. The van der Waals surface area contributed by atoms with E-state index in [9.17, 15) is 22.4 Å². The number of halogens is 4. The van der Waals surface area contributed by atoms with Gasteiger partial charge in [0.1, 0.15) is 12.6 Å². The van der Waals surface area contributed by atoms with Gasteiger partial charge in [0.2, 0.25) is 12.7 Å². The lowest BCUT2D eigenvalue weighted by Gasteiger charge is -2.23. The molecule has 1 aromatic carbocycles. The number of nitrogens with one attached hydrogen (secondary N) is 2. The number of ether oxygens (including phenoxy) is 2. The van der Waals surface area contributed by atoms with Gasteiger partial charge in [-0.15, -0.1) is 0 Å². The molecule has 7 nitrogen and oxygen atoms in total. The van der Waals surface area contributed by atoms with Gasteiger partial charge in [-0.1, -0.05) is 13.8 Å². The smallest absolute Gasteiger partial charge is 0.405 e. The summed E-state index contributed by atoms with van der Waals surface area (Å²) >= 11 is 0. The average Bonchev–Trinajstić information content (AvgIpc) is 3.12. The lowest BCUT2D eigenvalue weighted by Crippen LogP contribution is -2.46. The Morgan fingerprint density at radius 1 is 1.28 bits per heavy atom. The van der Waals surface area contributed by atoms with Crippen molar-refractivity contribution in [3.63, 3.8) is 0 Å². The molecular formula is C18H22F4N4O3. The number of alkyl halides is 3. The molecule has 0 unspecified atom stereocenters. The average molecular weight is 418 g/mol. The second-order valence-corrected chi connectivity index (χ2v) is 6.66. The highest BCUT2D eigenvalue weighted by Crippen LogP contribution is 2.35. The lowest BCUT2D eigenvalue weighted by molar-refractivity contribution is -0.139. The molecule has 29 heavy (non-hydrogen) atoms. The van der Waals surface area contributed by atoms with Crippen molar-refractivity contribution in [2.45, 2.75) is 26.1 Å². The number of nitrogens with zero attached hydrogens (tertiary/aromatic N) is 2. The topological polar surface area (TPSA) is 85.4 Å². The van der Waals surface area contributed by atoms with E-state index in [-0.39, 0.29) is 21.3 Å². The molecule has 160 valence electrons. The summed E-state index contributed by atoms with van der Waals surface area (Å²) in [5, 5.41) is 4.38. The van der Waals surface area contributed by atoms with Gasteiger partial charge in [-0.2, -0.15) is 13.2 Å². The Hall–Kier alpha value is -3.11. The van der Waals surface area contributed by atoms with E-state index < -0.39 is 36.4 Å². The molecule has 0 saturated heterocycles. The fraction of sp³-hybridized carbons (Fsp3) is 0.389. The van der Waals surface area contributed by atoms with Crippen LogP contribution in [0.1, 0.15) is 16.7 Å². The van der Waals surface area contributed by atoms with Crippen LogP contribution in [0.4, 0.5) is 23.4 Å². The van der Waals surface area contributed by atoms with Crippen LogP contribution in [-0.2, 0) is 4.79 Å². The summed E-state index contributed by atoms with van der Waals surface area (Å²) in [6.07, 6.45) is -3.63. The summed E-state index contributed by atoms with van der Waals surface area (Å²) in [6, 6.07) is 3.79. The monoisotopic (exact) mass is 418 g/mol. The minimum atomic E-state index is -4.55. The molecule has 0 saturated carbocycles. The lowest BCUT2D eigenvalue weighted by atomic mass is 10.0. The maximum Gasteiger partial charge on any atom is 0.405 e. The van der Waals surface area contributed by atoms with Gasteiger partial charge in [-0.25, -0.2) is 14.4 Å². The van der Waals surface area contributed by atoms with E-state index in [1.165, 1.54) is 0 Å². The maximum absolute atomic E-state index is 14.2. The van der Waals surface area contributed by atoms with E-state index in [0.717, 1.165) is 6.20 Å². The molecule has 0 bridgehead atoms. The molecule has 0 radical (unpaired) electrons. The molecule has 1 aliphatic rings. The van der Waals surface area contributed by atoms with E-state index >= 15 is 0 Å². The largest absolute Gasteiger partial charge is 0.454 e. The molecule has 0 aliphatic carbocycles. The van der Waals surface area contributed by atoms with Crippen molar-refractivity contribution in [1.29, 1.82) is 0 Å². The second-order valence-electron chi connectivity index (χ2n) is 6.66. The number of hydrogen-bond donors (Lipinski definition) is 2. The van der Waals surface area contributed by atoms with Gasteiger partial charge in [0.25, 0.3) is 0 Å². The normalized spacial score (nSPS) is 14.0. The zero-order chi connectivity index (χ0) is 21.2. The van der Waals surface area contributed by atoms with Crippen LogP contribution in [0.25, 0.3) is 11.4 Å². The van der Waals surface area contributed by atoms with Crippen molar-refractivity contribution < 1.29 is 34.7 Å². The fourth-order valence-electron chi connectivity index (χ4n) is 2.62. The molecule has 0 fully saturated rings. The zero-order valence-electron chi connectivity index (χ0n) is 15.5. The Kier molecular flexibility index (Phi) is 5.76. The first kappa shape index (κ1) is 20.6. The van der Waals surface area contributed by atoms with Crippen molar-refractivity contribution in [3.05, 3.63) is 30.2 Å². The van der Waals surface area contributed by atoms with Crippen LogP contribution < -0.4 is 20.1 Å². The maximum atomic E-state index is 14.2. The third kappa shape index (κ3) is 5.04. The van der Waals surface area contributed by atoms with Gasteiger partial charge in [0, 0.05) is 8.42 Å². The number of fused-ring (bicyclic) bond motifs is 1. The van der Waals surface area contributed by atoms with Crippen molar-refractivity contribution in [3.8, 4) is 22.9 Å². The van der Waals surface area contributed by atoms with E-state index in [1.54, 1.807) is 37.4 Å². The Balaban J connectivity index is 0.00000240. The van der Waals surface area contributed by atoms with Gasteiger partial charge in [0.15, 0.2) is 29.0 Å². The number of benzene rings is 1. The third-order valence-corrected chi connectivity index (χ3v) is 4.08. The Morgan fingerprint density at radius 3 is 2.69 bits per heavy atom. The minimum absolute atomic E-state index is 0. The molecule has 1 atom stereocenters. The quantitative estimate of drug-likeness (QED) is 0.697. The van der Waals surface area contributed by atoms with E-state index in [4.69, 9.17) is 9.47 Å². The van der Waals surface area contributed by atoms with Gasteiger partial charge < -0.3 is 20.1 Å². The first-order chi connectivity index (χ1) is 13.6. The van der Waals surface area contributed by atoms with Crippen LogP contribution >= 0.6 is 0 Å². The Bertz CT molecular complexity index is 916. The summed E-state index contributed by atoms with van der Waals surface area (Å²) in [6.45, 7) is 1.83. The Labute approximate surface area is 166 Å². The molecular weight excluding hydrogens is 396 g/mol. The molecule has 1 aromatic heterocycles. The van der Waals surface area contributed by atoms with Crippen molar-refractivity contribution in [2.75, 3.05) is 18.7 Å². The highest BCUT2D eigenvalue weighted by molar-refractivity contribution is 5.84. The van der Waals surface area contributed by atoms with Crippen LogP contribution in [0.3, 0.4) is 0 Å². The molecule has 2 heterocycles. The fourth-order valence-corrected chi connectivity index (χ4v) is 2.62. The first-order valence-electron chi connectivity index (χ1n) is 8.67. The summed E-state index contributed by atoms with van der Waals surface area (Å²) in [4.78, 5) is 20.2. The number of anilines is 1. The third-order valence-electron chi connectivity index (χ3n) is 4.08. The summed E-state index contributed by atoms with van der Waals surface area (Å²) in [7, 11) is 0. The molecule has 2 aromatic rings. The molecule has 0 spiro atoms. The number of rotatable bonds is 6. The van der Waals surface area contributed by atoms with Crippen LogP contribution in [0.5, 0.6) is 11.5 Å². The highest BCUT2D eigenvalue weighted by Gasteiger charge is 2.31. The number of aromatic nitrogens is 2. The summed E-state index contributed by atoms with van der Waals surface area (Å²) < 4.78 is 61.8. The van der Waals surface area contributed by atoms with Crippen LogP contribution in [0.2, 0.25) is 0 Å². The molecule has 2 N–H and O–H groups in total. The standard InChI is InChI=1S/C18H18F4N4O3.2H2/c1-9(2)14(17(27)24-7-18(20,21)22)25-16-11(19)6-23-15(26-16)10-3-4-12-13(5-10)29-8-28-12;;/h3-6,9,14H,7-8H2,1-2H3,(H,24,27)(H,23,25,26);2*1H/t14-;;/m1../s1. The van der Waals surface area contributed by atoms with Crippen molar-refractivity contribution in [1.82, 2.24) is 15.3 Å². The molecule has 1 amide bonds. The number of hydrogen-bond acceptors (Lipinski definition) is 6. The van der Waals surface area contributed by atoms with Crippen LogP contribution in [0.15, 0.2) is 24.4 Å². The van der Waals surface area contributed by atoms with E-state index in [0.29, 0.717) is 17.1 Å². The summed E-state index contributed by atoms with van der Waals surface area (Å²) in [5.41, 5.74) is 0.514. The Morgan fingerprint density at radius 2 is 2.00 bits per heavy atom. The molecule has 11 heteroatoms. The highest BCUT2D eigenvalue weighted by atomic mass is 19.4. The second kappa shape index (κ2) is 8.10. The van der Waals surface area contributed by atoms with Crippen molar-refractivity contribution in [2.24, 2.45) is 5.92 Å². The molecule has 3 rings (SSSR count). The number of carbonyl (C=O) groups is 1. The predicted molar refractivity (Wildman–Crippen MR) is 99.1 cm³/mol. The van der Waals surface area contributed by atoms with Crippen LogP contribution in [0, 0.1) is 11.7 Å². The van der Waals surface area contributed by atoms with Crippen LogP contribution in [-0.4, -0.2) is 41.4 Å². The number of carbonyl (C=O) groups excluding carboxylic acids is 1.